The van der Waals surface area contributed by atoms with Crippen molar-refractivity contribution in [3.8, 4) is 0 Å². The second kappa shape index (κ2) is 8.89. The first kappa shape index (κ1) is 17.0. The Kier molecular flexibility index (Phi) is 6.56. The SMILES string of the molecule is O=C(CSc1ccc([N+](=O)[O-])cc1)OCCCc1cccnc1. The monoisotopic (exact) mass is 332 g/mol. The summed E-state index contributed by atoms with van der Waals surface area (Å²) in [5.74, 6) is -0.107. The highest BCUT2D eigenvalue weighted by Crippen LogP contribution is 2.21. The van der Waals surface area contributed by atoms with Gasteiger partial charge in [-0.2, -0.15) is 0 Å². The predicted molar refractivity (Wildman–Crippen MR) is 87.3 cm³/mol. The quantitative estimate of drug-likeness (QED) is 0.243. The molecule has 0 fully saturated rings. The molecule has 6 nitrogen and oxygen atoms in total. The van der Waals surface area contributed by atoms with Crippen LogP contribution >= 0.6 is 11.8 Å². The first-order chi connectivity index (χ1) is 11.1. The molecule has 0 radical (unpaired) electrons. The van der Waals surface area contributed by atoms with Gasteiger partial charge in [-0.25, -0.2) is 0 Å². The highest BCUT2D eigenvalue weighted by Gasteiger charge is 2.07. The van der Waals surface area contributed by atoms with Gasteiger partial charge in [-0.05, 0) is 36.6 Å². The summed E-state index contributed by atoms with van der Waals surface area (Å²) in [7, 11) is 0. The zero-order valence-corrected chi connectivity index (χ0v) is 13.2. The van der Waals surface area contributed by atoms with E-state index in [-0.39, 0.29) is 17.4 Å². The molecule has 0 unspecified atom stereocenters. The maximum absolute atomic E-state index is 11.6. The molecule has 1 heterocycles. The summed E-state index contributed by atoms with van der Waals surface area (Å²) in [4.78, 5) is 26.6. The third-order valence-corrected chi connectivity index (χ3v) is 3.99. The second-order valence-electron chi connectivity index (χ2n) is 4.72. The number of ether oxygens (including phenoxy) is 1. The van der Waals surface area contributed by atoms with Gasteiger partial charge in [-0.1, -0.05) is 6.07 Å². The van der Waals surface area contributed by atoms with Gasteiger partial charge in [0.15, 0.2) is 0 Å². The molecule has 7 heteroatoms. The Bertz CT molecular complexity index is 647. The van der Waals surface area contributed by atoms with E-state index >= 15 is 0 Å². The van der Waals surface area contributed by atoms with E-state index in [1.54, 1.807) is 24.5 Å². The maximum atomic E-state index is 11.6. The number of aromatic nitrogens is 1. The van der Waals surface area contributed by atoms with Crippen LogP contribution in [0.4, 0.5) is 5.69 Å². The molecule has 0 saturated heterocycles. The smallest absolute Gasteiger partial charge is 0.316 e. The van der Waals surface area contributed by atoms with Crippen LogP contribution in [0.3, 0.4) is 0 Å². The summed E-state index contributed by atoms with van der Waals surface area (Å²) in [6.07, 6.45) is 5.08. The minimum atomic E-state index is -0.453. The van der Waals surface area contributed by atoms with Gasteiger partial charge in [0, 0.05) is 29.4 Å². The molecular weight excluding hydrogens is 316 g/mol. The standard InChI is InChI=1S/C16H16N2O4S/c19-16(22-10-2-4-13-3-1-9-17-11-13)12-23-15-7-5-14(6-8-15)18(20)21/h1,3,5-9,11H,2,4,10,12H2. The number of nitro benzene ring substituents is 1. The molecule has 0 aliphatic rings. The largest absolute Gasteiger partial charge is 0.465 e. The van der Waals surface area contributed by atoms with Gasteiger partial charge in [0.05, 0.1) is 17.3 Å². The maximum Gasteiger partial charge on any atom is 0.316 e. The molecule has 0 aliphatic heterocycles. The highest BCUT2D eigenvalue weighted by molar-refractivity contribution is 8.00. The average Bonchev–Trinajstić information content (AvgIpc) is 2.58. The van der Waals surface area contributed by atoms with Crippen molar-refractivity contribution in [2.45, 2.75) is 17.7 Å². The Hall–Kier alpha value is -2.41. The number of rotatable bonds is 8. The number of thioether (sulfide) groups is 1. The number of esters is 1. The van der Waals surface area contributed by atoms with Gasteiger partial charge in [-0.15, -0.1) is 11.8 Å². The summed E-state index contributed by atoms with van der Waals surface area (Å²) in [6.45, 7) is 0.370. The molecule has 0 atom stereocenters. The lowest BCUT2D eigenvalue weighted by Crippen LogP contribution is -2.09. The first-order valence-corrected chi connectivity index (χ1v) is 8.05. The minimum absolute atomic E-state index is 0.0346. The van der Waals surface area contributed by atoms with E-state index in [2.05, 4.69) is 4.98 Å². The summed E-state index contributed by atoms with van der Waals surface area (Å²) in [5, 5.41) is 10.5. The van der Waals surface area contributed by atoms with Crippen LogP contribution < -0.4 is 0 Å². The van der Waals surface area contributed by atoms with Crippen LogP contribution in [-0.2, 0) is 16.0 Å². The molecule has 0 spiro atoms. The van der Waals surface area contributed by atoms with Crippen LogP contribution in [0.25, 0.3) is 0 Å². The summed E-state index contributed by atoms with van der Waals surface area (Å²) in [5.41, 5.74) is 1.15. The van der Waals surface area contributed by atoms with Crippen molar-refractivity contribution < 1.29 is 14.5 Å². The lowest BCUT2D eigenvalue weighted by Gasteiger charge is -2.05. The number of benzene rings is 1. The number of non-ortho nitro benzene ring substituents is 1. The number of pyridine rings is 1. The van der Waals surface area contributed by atoms with Gasteiger partial charge in [0.25, 0.3) is 5.69 Å². The van der Waals surface area contributed by atoms with Crippen molar-refractivity contribution in [2.75, 3.05) is 12.4 Å². The predicted octanol–water partition coefficient (Wildman–Crippen LogP) is 3.26. The lowest BCUT2D eigenvalue weighted by atomic mass is 10.2. The van der Waals surface area contributed by atoms with Gasteiger partial charge in [0.2, 0.25) is 0 Å². The lowest BCUT2D eigenvalue weighted by molar-refractivity contribution is -0.384. The Morgan fingerprint density at radius 2 is 2.04 bits per heavy atom. The van der Waals surface area contributed by atoms with Crippen molar-refractivity contribution in [1.29, 1.82) is 0 Å². The number of nitrogens with zero attached hydrogens (tertiary/aromatic N) is 2. The van der Waals surface area contributed by atoms with Crippen molar-refractivity contribution in [1.82, 2.24) is 4.98 Å². The van der Waals surface area contributed by atoms with Crippen LogP contribution in [0.2, 0.25) is 0 Å². The van der Waals surface area contributed by atoms with E-state index in [1.807, 2.05) is 12.1 Å². The molecule has 0 amide bonds. The summed E-state index contributed by atoms with van der Waals surface area (Å²) >= 11 is 1.30. The van der Waals surface area contributed by atoms with Crippen LogP contribution in [0, 0.1) is 10.1 Å². The molecule has 0 saturated carbocycles. The Morgan fingerprint density at radius 3 is 2.70 bits per heavy atom. The summed E-state index contributed by atoms with van der Waals surface area (Å²) in [6, 6.07) is 9.95. The van der Waals surface area contributed by atoms with Crippen molar-refractivity contribution in [2.24, 2.45) is 0 Å². The van der Waals surface area contributed by atoms with E-state index in [0.717, 1.165) is 23.3 Å². The van der Waals surface area contributed by atoms with Gasteiger partial charge in [0.1, 0.15) is 0 Å². The number of hydrogen-bond acceptors (Lipinski definition) is 6. The molecule has 120 valence electrons. The van der Waals surface area contributed by atoms with E-state index in [0.29, 0.717) is 6.61 Å². The molecular formula is C16H16N2O4S. The van der Waals surface area contributed by atoms with E-state index < -0.39 is 4.92 Å². The van der Waals surface area contributed by atoms with E-state index in [1.165, 1.54) is 23.9 Å². The second-order valence-corrected chi connectivity index (χ2v) is 5.77. The highest BCUT2D eigenvalue weighted by atomic mass is 32.2. The van der Waals surface area contributed by atoms with Crippen molar-refractivity contribution >= 4 is 23.4 Å². The van der Waals surface area contributed by atoms with Crippen molar-refractivity contribution in [3.05, 3.63) is 64.5 Å². The third-order valence-electron chi connectivity index (χ3n) is 3.00. The van der Waals surface area contributed by atoms with Crippen molar-refractivity contribution in [3.63, 3.8) is 0 Å². The average molecular weight is 332 g/mol. The Morgan fingerprint density at radius 1 is 1.26 bits per heavy atom. The van der Waals surface area contributed by atoms with E-state index in [4.69, 9.17) is 4.74 Å². The van der Waals surface area contributed by atoms with Gasteiger partial charge < -0.3 is 4.74 Å². The van der Waals surface area contributed by atoms with Gasteiger partial charge in [-0.3, -0.25) is 19.9 Å². The molecule has 0 bridgehead atoms. The topological polar surface area (TPSA) is 82.3 Å². The minimum Gasteiger partial charge on any atom is -0.465 e. The fraction of sp³-hybridized carbons (Fsp3) is 0.250. The van der Waals surface area contributed by atoms with Crippen LogP contribution in [0.5, 0.6) is 0 Å². The number of hydrogen-bond donors (Lipinski definition) is 0. The van der Waals surface area contributed by atoms with Crippen LogP contribution in [0.15, 0.2) is 53.7 Å². The fourth-order valence-corrected chi connectivity index (χ4v) is 2.55. The number of carbonyl (C=O) groups excluding carboxylic acids is 1. The molecule has 0 N–H and O–H groups in total. The normalized spacial score (nSPS) is 10.3. The number of nitro groups is 1. The molecule has 23 heavy (non-hydrogen) atoms. The summed E-state index contributed by atoms with van der Waals surface area (Å²) < 4.78 is 5.16. The number of carbonyl (C=O) groups is 1. The molecule has 1 aromatic carbocycles. The molecule has 2 rings (SSSR count). The molecule has 2 aromatic rings. The van der Waals surface area contributed by atoms with Crippen LogP contribution in [0.1, 0.15) is 12.0 Å². The Labute approximate surface area is 138 Å². The fourth-order valence-electron chi connectivity index (χ4n) is 1.86. The molecule has 1 aromatic heterocycles. The zero-order chi connectivity index (χ0) is 16.5. The zero-order valence-electron chi connectivity index (χ0n) is 12.4. The molecule has 0 aliphatic carbocycles. The van der Waals surface area contributed by atoms with Crippen LogP contribution in [-0.4, -0.2) is 28.2 Å². The third kappa shape index (κ3) is 6.07. The first-order valence-electron chi connectivity index (χ1n) is 7.07. The number of aryl methyl sites for hydroxylation is 1. The Balaban J connectivity index is 1.64. The van der Waals surface area contributed by atoms with E-state index in [9.17, 15) is 14.9 Å². The van der Waals surface area contributed by atoms with Gasteiger partial charge >= 0.3 is 5.97 Å².